The third-order valence-electron chi connectivity index (χ3n) is 3.51. The van der Waals surface area contributed by atoms with E-state index in [4.69, 9.17) is 0 Å². The van der Waals surface area contributed by atoms with Crippen LogP contribution in [0, 0.1) is 0 Å². The highest BCUT2D eigenvalue weighted by Gasteiger charge is 2.33. The molecule has 0 bridgehead atoms. The fourth-order valence-corrected chi connectivity index (χ4v) is 3.10. The SMILES string of the molecule is CC1(c2nc(-c3cccs3)n[nH]2)CCCC1. The van der Waals surface area contributed by atoms with Crippen molar-refractivity contribution in [3.05, 3.63) is 23.3 Å². The molecule has 3 nitrogen and oxygen atoms in total. The monoisotopic (exact) mass is 233 g/mol. The van der Waals surface area contributed by atoms with Gasteiger partial charge < -0.3 is 0 Å². The normalized spacial score (nSPS) is 19.1. The van der Waals surface area contributed by atoms with Gasteiger partial charge in [0.2, 0.25) is 0 Å². The number of rotatable bonds is 2. The second-order valence-electron chi connectivity index (χ2n) is 4.75. The molecule has 0 aromatic carbocycles. The number of aromatic amines is 1. The Bertz CT molecular complexity index is 466. The molecule has 2 heterocycles. The van der Waals surface area contributed by atoms with E-state index in [-0.39, 0.29) is 5.41 Å². The highest BCUT2D eigenvalue weighted by atomic mass is 32.1. The molecule has 4 heteroatoms. The van der Waals surface area contributed by atoms with E-state index in [0.717, 1.165) is 16.5 Å². The summed E-state index contributed by atoms with van der Waals surface area (Å²) in [6.07, 6.45) is 5.08. The second-order valence-corrected chi connectivity index (χ2v) is 5.70. The fourth-order valence-electron chi connectivity index (χ4n) is 2.44. The van der Waals surface area contributed by atoms with Gasteiger partial charge in [-0.15, -0.1) is 11.3 Å². The first-order valence-electron chi connectivity index (χ1n) is 5.75. The van der Waals surface area contributed by atoms with Crippen LogP contribution in [0.2, 0.25) is 0 Å². The summed E-state index contributed by atoms with van der Waals surface area (Å²) < 4.78 is 0. The molecule has 0 amide bonds. The van der Waals surface area contributed by atoms with Crippen LogP contribution in [0.1, 0.15) is 38.4 Å². The van der Waals surface area contributed by atoms with Crippen LogP contribution in [0.4, 0.5) is 0 Å². The lowest BCUT2D eigenvalue weighted by Crippen LogP contribution is -2.18. The van der Waals surface area contributed by atoms with Crippen molar-refractivity contribution in [2.75, 3.05) is 0 Å². The second kappa shape index (κ2) is 3.70. The molecular formula is C12H15N3S. The van der Waals surface area contributed by atoms with Crippen molar-refractivity contribution in [2.45, 2.75) is 38.0 Å². The van der Waals surface area contributed by atoms with Gasteiger partial charge in [-0.2, -0.15) is 5.10 Å². The highest BCUT2D eigenvalue weighted by molar-refractivity contribution is 7.13. The van der Waals surface area contributed by atoms with Gasteiger partial charge in [0, 0.05) is 5.41 Å². The Morgan fingerprint density at radius 2 is 2.19 bits per heavy atom. The van der Waals surface area contributed by atoms with Gasteiger partial charge >= 0.3 is 0 Å². The van der Waals surface area contributed by atoms with E-state index in [1.54, 1.807) is 11.3 Å². The summed E-state index contributed by atoms with van der Waals surface area (Å²) in [6.45, 7) is 2.29. The molecule has 1 aliphatic rings. The van der Waals surface area contributed by atoms with Gasteiger partial charge in [0.1, 0.15) is 5.82 Å². The van der Waals surface area contributed by atoms with Crippen LogP contribution in [0.3, 0.4) is 0 Å². The van der Waals surface area contributed by atoms with Crippen molar-refractivity contribution in [1.29, 1.82) is 0 Å². The van der Waals surface area contributed by atoms with Crippen LogP contribution in [-0.2, 0) is 5.41 Å². The zero-order valence-corrected chi connectivity index (χ0v) is 10.2. The molecule has 16 heavy (non-hydrogen) atoms. The zero-order chi connectivity index (χ0) is 11.0. The molecule has 0 radical (unpaired) electrons. The van der Waals surface area contributed by atoms with Crippen LogP contribution in [0.25, 0.3) is 10.7 Å². The van der Waals surface area contributed by atoms with Gasteiger partial charge in [-0.25, -0.2) is 4.98 Å². The Morgan fingerprint density at radius 1 is 1.38 bits per heavy atom. The summed E-state index contributed by atoms with van der Waals surface area (Å²) in [7, 11) is 0. The minimum absolute atomic E-state index is 0.225. The van der Waals surface area contributed by atoms with Crippen molar-refractivity contribution in [2.24, 2.45) is 0 Å². The summed E-state index contributed by atoms with van der Waals surface area (Å²) in [5.41, 5.74) is 0.225. The lowest BCUT2D eigenvalue weighted by atomic mass is 9.88. The maximum Gasteiger partial charge on any atom is 0.191 e. The smallest absolute Gasteiger partial charge is 0.191 e. The maximum atomic E-state index is 4.65. The predicted molar refractivity (Wildman–Crippen MR) is 65.5 cm³/mol. The molecule has 2 aromatic heterocycles. The number of nitrogens with one attached hydrogen (secondary N) is 1. The first kappa shape index (κ1) is 10.0. The molecule has 1 N–H and O–H groups in total. The molecular weight excluding hydrogens is 218 g/mol. The first-order valence-corrected chi connectivity index (χ1v) is 6.63. The quantitative estimate of drug-likeness (QED) is 0.864. The van der Waals surface area contributed by atoms with Gasteiger partial charge in [0.25, 0.3) is 0 Å². The van der Waals surface area contributed by atoms with Crippen molar-refractivity contribution in [3.63, 3.8) is 0 Å². The molecule has 84 valence electrons. The topological polar surface area (TPSA) is 41.6 Å². The number of hydrogen-bond donors (Lipinski definition) is 1. The average molecular weight is 233 g/mol. The van der Waals surface area contributed by atoms with Crippen molar-refractivity contribution in [1.82, 2.24) is 15.2 Å². The minimum atomic E-state index is 0.225. The summed E-state index contributed by atoms with van der Waals surface area (Å²) >= 11 is 1.69. The molecule has 1 fully saturated rings. The number of thiophene rings is 1. The van der Waals surface area contributed by atoms with E-state index >= 15 is 0 Å². The zero-order valence-electron chi connectivity index (χ0n) is 9.36. The van der Waals surface area contributed by atoms with E-state index in [1.807, 2.05) is 6.07 Å². The predicted octanol–water partition coefficient (Wildman–Crippen LogP) is 3.36. The van der Waals surface area contributed by atoms with E-state index in [0.29, 0.717) is 0 Å². The third-order valence-corrected chi connectivity index (χ3v) is 4.37. The average Bonchev–Trinajstić information content (AvgIpc) is 2.98. The molecule has 0 atom stereocenters. The summed E-state index contributed by atoms with van der Waals surface area (Å²) in [4.78, 5) is 5.79. The lowest BCUT2D eigenvalue weighted by Gasteiger charge is -2.19. The van der Waals surface area contributed by atoms with Gasteiger partial charge in [0.15, 0.2) is 5.82 Å². The molecule has 0 aliphatic heterocycles. The summed E-state index contributed by atoms with van der Waals surface area (Å²) in [6, 6.07) is 4.10. The van der Waals surface area contributed by atoms with Gasteiger partial charge in [-0.05, 0) is 24.3 Å². The van der Waals surface area contributed by atoms with Gasteiger partial charge in [-0.1, -0.05) is 25.8 Å². The van der Waals surface area contributed by atoms with E-state index < -0.39 is 0 Å². The molecule has 3 rings (SSSR count). The Labute approximate surface area is 98.9 Å². The number of hydrogen-bond acceptors (Lipinski definition) is 3. The van der Waals surface area contributed by atoms with Crippen molar-refractivity contribution in [3.8, 4) is 10.7 Å². The molecule has 0 unspecified atom stereocenters. The van der Waals surface area contributed by atoms with Gasteiger partial charge in [0.05, 0.1) is 4.88 Å². The van der Waals surface area contributed by atoms with Crippen LogP contribution in [0.15, 0.2) is 17.5 Å². The maximum absolute atomic E-state index is 4.65. The summed E-state index contributed by atoms with van der Waals surface area (Å²) in [5, 5.41) is 9.50. The molecule has 1 aliphatic carbocycles. The fraction of sp³-hybridized carbons (Fsp3) is 0.500. The molecule has 0 spiro atoms. The Balaban J connectivity index is 1.93. The molecule has 0 saturated heterocycles. The van der Waals surface area contributed by atoms with E-state index in [2.05, 4.69) is 33.6 Å². The van der Waals surface area contributed by atoms with Crippen molar-refractivity contribution >= 4 is 11.3 Å². The molecule has 1 saturated carbocycles. The third kappa shape index (κ3) is 1.57. The lowest BCUT2D eigenvalue weighted by molar-refractivity contribution is 0.460. The number of nitrogens with zero attached hydrogens (tertiary/aromatic N) is 2. The van der Waals surface area contributed by atoms with Gasteiger partial charge in [-0.3, -0.25) is 5.10 Å². The first-order chi connectivity index (χ1) is 7.78. The largest absolute Gasteiger partial charge is 0.262 e. The van der Waals surface area contributed by atoms with Crippen LogP contribution in [-0.4, -0.2) is 15.2 Å². The number of aromatic nitrogens is 3. The number of H-pyrrole nitrogens is 1. The Kier molecular flexibility index (Phi) is 2.32. The molecule has 2 aromatic rings. The standard InChI is InChI=1S/C12H15N3S/c1-12(6-2-3-7-12)11-13-10(14-15-11)9-5-4-8-16-9/h4-5,8H,2-3,6-7H2,1H3,(H,13,14,15). The van der Waals surface area contributed by atoms with Crippen LogP contribution in [0.5, 0.6) is 0 Å². The summed E-state index contributed by atoms with van der Waals surface area (Å²) in [5.74, 6) is 1.91. The van der Waals surface area contributed by atoms with Crippen molar-refractivity contribution < 1.29 is 0 Å². The Hall–Kier alpha value is -1.16. The van der Waals surface area contributed by atoms with Crippen LogP contribution >= 0.6 is 11.3 Å². The van der Waals surface area contributed by atoms with E-state index in [9.17, 15) is 0 Å². The van der Waals surface area contributed by atoms with Crippen LogP contribution < -0.4 is 0 Å². The minimum Gasteiger partial charge on any atom is -0.262 e. The van der Waals surface area contributed by atoms with E-state index in [1.165, 1.54) is 25.7 Å². The highest BCUT2D eigenvalue weighted by Crippen LogP contribution is 2.39. The Morgan fingerprint density at radius 3 is 2.88 bits per heavy atom.